The molecule has 1 rings (SSSR count). The summed E-state index contributed by atoms with van der Waals surface area (Å²) in [6, 6.07) is 7.57. The lowest BCUT2D eigenvalue weighted by Crippen LogP contribution is -2.49. The number of rotatable bonds is 6. The number of likely N-dealkylation sites (N-methyl/N-ethyl adjacent to an activating group) is 1. The summed E-state index contributed by atoms with van der Waals surface area (Å²) < 4.78 is 5.22. The van der Waals surface area contributed by atoms with E-state index in [-0.39, 0.29) is 0 Å². The molecule has 17 heavy (non-hydrogen) atoms. The first-order valence-electron chi connectivity index (χ1n) is 5.21. The number of para-hydroxylation sites is 1. The lowest BCUT2D eigenvalue weighted by atomic mass is 10.1. The van der Waals surface area contributed by atoms with Crippen molar-refractivity contribution in [2.45, 2.75) is 17.4 Å². The number of benzene rings is 1. The van der Waals surface area contributed by atoms with Gasteiger partial charge in [0.15, 0.2) is 0 Å². The smallest absolute Gasteiger partial charge is 0.324 e. The van der Waals surface area contributed by atoms with Crippen LogP contribution in [0.15, 0.2) is 29.2 Å². The summed E-state index contributed by atoms with van der Waals surface area (Å²) in [4.78, 5) is 12.1. The second kappa shape index (κ2) is 5.93. The van der Waals surface area contributed by atoms with Crippen LogP contribution in [0.4, 0.5) is 0 Å². The number of hydrogen-bond donors (Lipinski definition) is 2. The molecule has 0 aliphatic carbocycles. The second-order valence-corrected chi connectivity index (χ2v) is 4.84. The quantitative estimate of drug-likeness (QED) is 0.760. The van der Waals surface area contributed by atoms with Gasteiger partial charge in [0, 0.05) is 10.6 Å². The maximum atomic E-state index is 11.1. The predicted octanol–water partition coefficient (Wildman–Crippen LogP) is 1.85. The van der Waals surface area contributed by atoms with E-state index in [2.05, 4.69) is 5.32 Å². The zero-order valence-corrected chi connectivity index (χ0v) is 11.0. The first-order valence-corrected chi connectivity index (χ1v) is 6.20. The molecule has 0 saturated carbocycles. The summed E-state index contributed by atoms with van der Waals surface area (Å²) in [5, 5.41) is 12.0. The SMILES string of the molecule is CNC(C)(CSc1ccccc1OC)C(=O)O. The molecule has 0 spiro atoms. The van der Waals surface area contributed by atoms with Gasteiger partial charge in [0.1, 0.15) is 11.3 Å². The fourth-order valence-electron chi connectivity index (χ4n) is 1.20. The standard InChI is InChI=1S/C12H17NO3S/c1-12(13-2,11(14)15)8-17-10-7-5-4-6-9(10)16-3/h4-7,13H,8H2,1-3H3,(H,14,15). The number of carboxylic acids is 1. The molecule has 1 aromatic carbocycles. The molecular weight excluding hydrogens is 238 g/mol. The van der Waals surface area contributed by atoms with Gasteiger partial charge in [-0.25, -0.2) is 0 Å². The van der Waals surface area contributed by atoms with Crippen LogP contribution in [0.25, 0.3) is 0 Å². The van der Waals surface area contributed by atoms with Gasteiger partial charge in [0.2, 0.25) is 0 Å². The fourth-order valence-corrected chi connectivity index (χ4v) is 2.38. The minimum Gasteiger partial charge on any atom is -0.496 e. The Hall–Kier alpha value is -1.20. The lowest BCUT2D eigenvalue weighted by molar-refractivity contribution is -0.142. The molecule has 0 heterocycles. The number of methoxy groups -OCH3 is 1. The van der Waals surface area contributed by atoms with Crippen LogP contribution in [0.3, 0.4) is 0 Å². The summed E-state index contributed by atoms with van der Waals surface area (Å²) in [5.41, 5.74) is -0.939. The van der Waals surface area contributed by atoms with Crippen LogP contribution in [0.1, 0.15) is 6.92 Å². The van der Waals surface area contributed by atoms with Gasteiger partial charge in [-0.1, -0.05) is 12.1 Å². The molecule has 0 amide bonds. The average molecular weight is 255 g/mol. The Morgan fingerprint density at radius 1 is 1.53 bits per heavy atom. The highest BCUT2D eigenvalue weighted by molar-refractivity contribution is 7.99. The molecule has 0 aromatic heterocycles. The molecule has 2 N–H and O–H groups in total. The van der Waals surface area contributed by atoms with Crippen LogP contribution in [0, 0.1) is 0 Å². The summed E-state index contributed by atoms with van der Waals surface area (Å²) in [5.74, 6) is 0.336. The van der Waals surface area contributed by atoms with Crippen molar-refractivity contribution in [3.63, 3.8) is 0 Å². The van der Waals surface area contributed by atoms with Gasteiger partial charge < -0.3 is 15.2 Å². The van der Waals surface area contributed by atoms with Crippen LogP contribution in [-0.2, 0) is 4.79 Å². The molecule has 0 saturated heterocycles. The van der Waals surface area contributed by atoms with Crippen molar-refractivity contribution in [1.29, 1.82) is 0 Å². The molecule has 5 heteroatoms. The van der Waals surface area contributed by atoms with Crippen molar-refractivity contribution in [2.24, 2.45) is 0 Å². The van der Waals surface area contributed by atoms with Crippen molar-refractivity contribution in [2.75, 3.05) is 19.9 Å². The number of ether oxygens (including phenoxy) is 1. The molecule has 1 atom stereocenters. The van der Waals surface area contributed by atoms with Crippen molar-refractivity contribution in [3.8, 4) is 5.75 Å². The molecule has 4 nitrogen and oxygen atoms in total. The maximum absolute atomic E-state index is 11.1. The number of carbonyl (C=O) groups is 1. The van der Waals surface area contributed by atoms with Crippen LogP contribution in [-0.4, -0.2) is 36.5 Å². The van der Waals surface area contributed by atoms with Gasteiger partial charge in [-0.05, 0) is 26.1 Å². The average Bonchev–Trinajstić information content (AvgIpc) is 2.36. The monoisotopic (exact) mass is 255 g/mol. The van der Waals surface area contributed by atoms with Crippen molar-refractivity contribution < 1.29 is 14.6 Å². The summed E-state index contributed by atoms with van der Waals surface area (Å²) in [6.07, 6.45) is 0. The van der Waals surface area contributed by atoms with E-state index in [0.29, 0.717) is 5.75 Å². The van der Waals surface area contributed by atoms with Crippen LogP contribution < -0.4 is 10.1 Å². The third kappa shape index (κ3) is 3.38. The summed E-state index contributed by atoms with van der Waals surface area (Å²) >= 11 is 1.46. The summed E-state index contributed by atoms with van der Waals surface area (Å²) in [7, 11) is 3.25. The van der Waals surface area contributed by atoms with E-state index in [1.807, 2.05) is 24.3 Å². The highest BCUT2D eigenvalue weighted by Crippen LogP contribution is 2.30. The van der Waals surface area contributed by atoms with E-state index in [0.717, 1.165) is 10.6 Å². The van der Waals surface area contributed by atoms with Gasteiger partial charge in [-0.3, -0.25) is 4.79 Å². The molecule has 1 unspecified atom stereocenters. The Labute approximate surface area is 105 Å². The van der Waals surface area contributed by atoms with Crippen molar-refractivity contribution >= 4 is 17.7 Å². The Bertz CT molecular complexity index is 397. The summed E-state index contributed by atoms with van der Waals surface area (Å²) in [6.45, 7) is 1.66. The Kier molecular flexibility index (Phi) is 4.84. The zero-order chi connectivity index (χ0) is 12.9. The third-order valence-corrected chi connectivity index (χ3v) is 3.98. The van der Waals surface area contributed by atoms with Gasteiger partial charge in [-0.2, -0.15) is 0 Å². The number of carboxylic acid groups (broad SMARTS) is 1. The third-order valence-electron chi connectivity index (χ3n) is 2.61. The molecule has 0 bridgehead atoms. The molecule has 1 aromatic rings. The zero-order valence-electron chi connectivity index (χ0n) is 10.2. The van der Waals surface area contributed by atoms with E-state index >= 15 is 0 Å². The predicted molar refractivity (Wildman–Crippen MR) is 68.8 cm³/mol. The first-order chi connectivity index (χ1) is 8.03. The Morgan fingerprint density at radius 2 is 2.18 bits per heavy atom. The number of nitrogens with one attached hydrogen (secondary N) is 1. The Morgan fingerprint density at radius 3 is 2.71 bits per heavy atom. The minimum atomic E-state index is -0.939. The maximum Gasteiger partial charge on any atom is 0.324 e. The fraction of sp³-hybridized carbons (Fsp3) is 0.417. The normalized spacial score (nSPS) is 14.1. The lowest BCUT2D eigenvalue weighted by Gasteiger charge is -2.23. The van der Waals surface area contributed by atoms with E-state index in [1.54, 1.807) is 21.1 Å². The molecular formula is C12H17NO3S. The van der Waals surface area contributed by atoms with Gasteiger partial charge in [0.25, 0.3) is 0 Å². The first kappa shape index (κ1) is 13.9. The van der Waals surface area contributed by atoms with E-state index < -0.39 is 11.5 Å². The largest absolute Gasteiger partial charge is 0.496 e. The molecule has 0 radical (unpaired) electrons. The highest BCUT2D eigenvalue weighted by atomic mass is 32.2. The van der Waals surface area contributed by atoms with Crippen LogP contribution in [0.5, 0.6) is 5.75 Å². The van der Waals surface area contributed by atoms with Crippen molar-refractivity contribution in [1.82, 2.24) is 5.32 Å². The van der Waals surface area contributed by atoms with Crippen molar-refractivity contribution in [3.05, 3.63) is 24.3 Å². The molecule has 0 aliphatic heterocycles. The highest BCUT2D eigenvalue weighted by Gasteiger charge is 2.31. The number of thioether (sulfide) groups is 1. The minimum absolute atomic E-state index is 0.430. The van der Waals surface area contributed by atoms with Gasteiger partial charge >= 0.3 is 5.97 Å². The van der Waals surface area contributed by atoms with Gasteiger partial charge in [-0.15, -0.1) is 11.8 Å². The van der Waals surface area contributed by atoms with Crippen LogP contribution >= 0.6 is 11.8 Å². The van der Waals surface area contributed by atoms with E-state index in [4.69, 9.17) is 9.84 Å². The number of aliphatic carboxylic acids is 1. The van der Waals surface area contributed by atoms with E-state index in [1.165, 1.54) is 11.8 Å². The molecule has 0 fully saturated rings. The second-order valence-electron chi connectivity index (χ2n) is 3.83. The van der Waals surface area contributed by atoms with Crippen LogP contribution in [0.2, 0.25) is 0 Å². The Balaban J connectivity index is 2.76. The van der Waals surface area contributed by atoms with E-state index in [9.17, 15) is 4.79 Å². The van der Waals surface area contributed by atoms with Gasteiger partial charge in [0.05, 0.1) is 7.11 Å². The molecule has 94 valence electrons. The molecule has 0 aliphatic rings. The topological polar surface area (TPSA) is 58.6 Å². The number of hydrogen-bond acceptors (Lipinski definition) is 4.